The molecule has 7 nitrogen and oxygen atoms in total. The van der Waals surface area contributed by atoms with E-state index in [2.05, 4.69) is 30.9 Å². The van der Waals surface area contributed by atoms with Gasteiger partial charge in [0.25, 0.3) is 0 Å². The molecule has 0 spiro atoms. The van der Waals surface area contributed by atoms with Crippen LogP contribution in [0.2, 0.25) is 0 Å². The fourth-order valence-electron chi connectivity index (χ4n) is 2.54. The van der Waals surface area contributed by atoms with Crippen molar-refractivity contribution in [2.24, 2.45) is 14.1 Å². The van der Waals surface area contributed by atoms with Crippen LogP contribution in [0.1, 0.15) is 12.5 Å². The SMILES string of the molecule is CCS(=O)(=O)c1c(-c2nc3cc(C(F)(F)F)cnc3n2C)nc(Br)n1C. The Balaban J connectivity index is 2.31. The van der Waals surface area contributed by atoms with E-state index in [1.54, 1.807) is 0 Å². The van der Waals surface area contributed by atoms with Crippen LogP contribution in [-0.4, -0.2) is 38.3 Å². The van der Waals surface area contributed by atoms with Gasteiger partial charge in [0.2, 0.25) is 0 Å². The van der Waals surface area contributed by atoms with Gasteiger partial charge in [-0.2, -0.15) is 13.2 Å². The number of hydrogen-bond donors (Lipinski definition) is 0. The highest BCUT2D eigenvalue weighted by Crippen LogP contribution is 2.33. The molecule has 0 N–H and O–H groups in total. The Labute approximate surface area is 154 Å². The number of imidazole rings is 2. The van der Waals surface area contributed by atoms with Crippen molar-refractivity contribution in [2.45, 2.75) is 18.1 Å². The van der Waals surface area contributed by atoms with E-state index in [-0.39, 0.29) is 38.2 Å². The summed E-state index contributed by atoms with van der Waals surface area (Å²) in [5.41, 5.74) is -0.692. The highest BCUT2D eigenvalue weighted by Gasteiger charge is 2.33. The first kappa shape index (κ1) is 18.8. The largest absolute Gasteiger partial charge is 0.417 e. The van der Waals surface area contributed by atoms with Crippen LogP contribution in [0, 0.1) is 0 Å². The summed E-state index contributed by atoms with van der Waals surface area (Å²) < 4.78 is 66.6. The monoisotopic (exact) mass is 451 g/mol. The number of pyridine rings is 1. The predicted molar refractivity (Wildman–Crippen MR) is 91.1 cm³/mol. The molecule has 0 unspecified atom stereocenters. The molecule has 0 saturated heterocycles. The summed E-state index contributed by atoms with van der Waals surface area (Å²) in [6, 6.07) is 0.873. The molecule has 140 valence electrons. The quantitative estimate of drug-likeness (QED) is 0.611. The molecule has 0 radical (unpaired) electrons. The molecule has 0 fully saturated rings. The standard InChI is InChI=1S/C14H13BrF3N5O2S/c1-4-26(24,25)12-9(21-13(15)23(12)3)11-20-8-5-7(14(16,17)18)6-19-10(8)22(11)2/h5-6H,4H2,1-3H3. The average molecular weight is 452 g/mol. The molecule has 0 atom stereocenters. The van der Waals surface area contributed by atoms with E-state index in [0.29, 0.717) is 6.20 Å². The maximum Gasteiger partial charge on any atom is 0.417 e. The third kappa shape index (κ3) is 2.90. The smallest absolute Gasteiger partial charge is 0.312 e. The van der Waals surface area contributed by atoms with Crippen LogP contribution in [0.4, 0.5) is 13.2 Å². The number of rotatable bonds is 3. The van der Waals surface area contributed by atoms with Gasteiger partial charge in [-0.15, -0.1) is 0 Å². The van der Waals surface area contributed by atoms with Crippen LogP contribution >= 0.6 is 15.9 Å². The van der Waals surface area contributed by atoms with Crippen LogP contribution < -0.4 is 0 Å². The maximum absolute atomic E-state index is 12.9. The molecule has 3 aromatic heterocycles. The van der Waals surface area contributed by atoms with Gasteiger partial charge in [-0.3, -0.25) is 0 Å². The lowest BCUT2D eigenvalue weighted by Crippen LogP contribution is -2.11. The van der Waals surface area contributed by atoms with Gasteiger partial charge in [-0.25, -0.2) is 23.4 Å². The summed E-state index contributed by atoms with van der Waals surface area (Å²) in [6.45, 7) is 1.49. The molecular formula is C14H13BrF3N5O2S. The van der Waals surface area contributed by atoms with Gasteiger partial charge in [0, 0.05) is 20.3 Å². The summed E-state index contributed by atoms with van der Waals surface area (Å²) in [7, 11) is -0.599. The second-order valence-corrected chi connectivity index (χ2v) is 8.46. The van der Waals surface area contributed by atoms with Gasteiger partial charge in [-0.05, 0) is 22.0 Å². The lowest BCUT2D eigenvalue weighted by molar-refractivity contribution is -0.137. The number of alkyl halides is 3. The Morgan fingerprint density at radius 2 is 1.85 bits per heavy atom. The second-order valence-electron chi connectivity index (χ2n) is 5.56. The maximum atomic E-state index is 12.9. The Kier molecular flexibility index (Phi) is 4.38. The van der Waals surface area contributed by atoms with E-state index in [1.165, 1.54) is 30.2 Å². The molecule has 0 aliphatic heterocycles. The van der Waals surface area contributed by atoms with Crippen molar-refractivity contribution in [3.05, 3.63) is 22.6 Å². The Bertz CT molecular complexity index is 1120. The summed E-state index contributed by atoms with van der Waals surface area (Å²) in [4.78, 5) is 12.2. The number of sulfone groups is 1. The van der Waals surface area contributed by atoms with Crippen molar-refractivity contribution in [2.75, 3.05) is 5.75 Å². The van der Waals surface area contributed by atoms with Crippen LogP contribution in [0.25, 0.3) is 22.7 Å². The zero-order chi connectivity index (χ0) is 19.4. The van der Waals surface area contributed by atoms with Gasteiger partial charge in [-0.1, -0.05) is 6.92 Å². The van der Waals surface area contributed by atoms with E-state index in [0.717, 1.165) is 6.07 Å². The first-order valence-electron chi connectivity index (χ1n) is 7.32. The van der Waals surface area contributed by atoms with Gasteiger partial charge in [0.15, 0.2) is 31.1 Å². The molecule has 0 saturated carbocycles. The second kappa shape index (κ2) is 6.05. The normalized spacial score (nSPS) is 12.9. The fraction of sp³-hybridized carbons (Fsp3) is 0.357. The van der Waals surface area contributed by atoms with Crippen molar-refractivity contribution in [1.29, 1.82) is 0 Å². The summed E-state index contributed by atoms with van der Waals surface area (Å²) in [6.07, 6.45) is -3.84. The van der Waals surface area contributed by atoms with Crippen molar-refractivity contribution in [1.82, 2.24) is 24.1 Å². The zero-order valence-electron chi connectivity index (χ0n) is 13.8. The molecule has 0 amide bonds. The van der Waals surface area contributed by atoms with E-state index in [9.17, 15) is 21.6 Å². The highest BCUT2D eigenvalue weighted by molar-refractivity contribution is 9.10. The van der Waals surface area contributed by atoms with Gasteiger partial charge < -0.3 is 9.13 Å². The molecular weight excluding hydrogens is 439 g/mol. The minimum absolute atomic E-state index is 0.000975. The number of hydrogen-bond acceptors (Lipinski definition) is 5. The van der Waals surface area contributed by atoms with Gasteiger partial charge >= 0.3 is 6.18 Å². The molecule has 3 heterocycles. The van der Waals surface area contributed by atoms with Crippen molar-refractivity contribution < 1.29 is 21.6 Å². The van der Waals surface area contributed by atoms with E-state index < -0.39 is 21.6 Å². The number of aryl methyl sites for hydroxylation is 1. The van der Waals surface area contributed by atoms with Crippen LogP contribution in [0.3, 0.4) is 0 Å². The summed E-state index contributed by atoms with van der Waals surface area (Å²) in [5.74, 6) is -0.0491. The van der Waals surface area contributed by atoms with Crippen molar-refractivity contribution >= 4 is 36.9 Å². The number of nitrogens with zero attached hydrogens (tertiary/aromatic N) is 5. The Morgan fingerprint density at radius 1 is 1.19 bits per heavy atom. The topological polar surface area (TPSA) is 82.7 Å². The van der Waals surface area contributed by atoms with Crippen molar-refractivity contribution in [3.8, 4) is 11.5 Å². The zero-order valence-corrected chi connectivity index (χ0v) is 16.2. The van der Waals surface area contributed by atoms with Crippen molar-refractivity contribution in [3.63, 3.8) is 0 Å². The van der Waals surface area contributed by atoms with Crippen LogP contribution in [0.5, 0.6) is 0 Å². The minimum atomic E-state index is -4.55. The first-order chi connectivity index (χ1) is 12.0. The van der Waals surface area contributed by atoms with Crippen LogP contribution in [-0.2, 0) is 30.1 Å². The number of halogens is 4. The van der Waals surface area contributed by atoms with E-state index in [1.807, 2.05) is 0 Å². The van der Waals surface area contributed by atoms with Crippen LogP contribution in [0.15, 0.2) is 22.0 Å². The first-order valence-corrected chi connectivity index (χ1v) is 9.77. The number of fused-ring (bicyclic) bond motifs is 1. The summed E-state index contributed by atoms with van der Waals surface area (Å²) in [5, 5.41) is -0.0682. The van der Waals surface area contributed by atoms with E-state index in [4.69, 9.17) is 0 Å². The van der Waals surface area contributed by atoms with Gasteiger partial charge in [0.1, 0.15) is 11.2 Å². The molecule has 0 aliphatic carbocycles. The Hall–Kier alpha value is -1.95. The molecule has 0 bridgehead atoms. The van der Waals surface area contributed by atoms with E-state index >= 15 is 0 Å². The molecule has 12 heteroatoms. The third-order valence-electron chi connectivity index (χ3n) is 3.91. The lowest BCUT2D eigenvalue weighted by atomic mass is 10.2. The summed E-state index contributed by atoms with van der Waals surface area (Å²) >= 11 is 3.18. The molecule has 0 aliphatic rings. The predicted octanol–water partition coefficient (Wildman–Crippen LogP) is 2.94. The third-order valence-corrected chi connectivity index (χ3v) is 6.44. The Morgan fingerprint density at radius 3 is 2.42 bits per heavy atom. The lowest BCUT2D eigenvalue weighted by Gasteiger charge is -2.06. The molecule has 3 aromatic rings. The number of aromatic nitrogens is 5. The fourth-order valence-corrected chi connectivity index (χ4v) is 4.22. The average Bonchev–Trinajstić information content (AvgIpc) is 3.04. The molecule has 3 rings (SSSR count). The minimum Gasteiger partial charge on any atom is -0.312 e. The van der Waals surface area contributed by atoms with Gasteiger partial charge in [0.05, 0.1) is 11.3 Å². The molecule has 26 heavy (non-hydrogen) atoms. The molecule has 0 aromatic carbocycles. The highest BCUT2D eigenvalue weighted by atomic mass is 79.9.